The predicted molar refractivity (Wildman–Crippen MR) is 265 cm³/mol. The number of carbonyl (C=O) groups excluding carboxylic acids is 2. The number of rotatable bonds is 23. The monoisotopic (exact) mass is 919 g/mol. The summed E-state index contributed by atoms with van der Waals surface area (Å²) in [7, 11) is 0. The molecule has 2 amide bonds. The van der Waals surface area contributed by atoms with Gasteiger partial charge in [-0.25, -0.2) is 4.98 Å². The largest absolute Gasteiger partial charge is 0.508 e. The van der Waals surface area contributed by atoms with Crippen LogP contribution in [0.15, 0.2) is 109 Å². The molecule has 3 atom stereocenters. The van der Waals surface area contributed by atoms with Gasteiger partial charge in [-0.15, -0.1) is 22.9 Å². The number of unbranched alkanes of at least 4 members (excludes halogenated alkanes) is 4. The number of aromatic hydroxyl groups is 1. The van der Waals surface area contributed by atoms with E-state index in [0.29, 0.717) is 32.0 Å². The molecule has 1 aromatic heterocycles. The number of aryl methyl sites for hydroxylation is 1. The number of nitrogens with zero attached hydrogens (tertiary/aromatic N) is 2. The van der Waals surface area contributed by atoms with E-state index in [4.69, 9.17) is 16.3 Å². The number of amides is 2. The lowest BCUT2D eigenvalue weighted by atomic mass is 9.85. The molecule has 65 heavy (non-hydrogen) atoms. The van der Waals surface area contributed by atoms with Gasteiger partial charge in [0.2, 0.25) is 11.8 Å². The minimum absolute atomic E-state index is 0.141. The Balaban J connectivity index is 0.878. The number of likely N-dealkylation sites (tertiary alicyclic amines) is 1. The number of ether oxygens (including phenoxy) is 1. The lowest BCUT2D eigenvalue weighted by Gasteiger charge is -2.35. The number of carbonyl (C=O) groups is 2. The number of benzene rings is 4. The van der Waals surface area contributed by atoms with E-state index in [1.165, 1.54) is 0 Å². The van der Waals surface area contributed by atoms with Gasteiger partial charge in [-0.05, 0) is 108 Å². The van der Waals surface area contributed by atoms with Gasteiger partial charge in [-0.3, -0.25) is 9.59 Å². The molecule has 4 aromatic carbocycles. The molecule has 1 fully saturated rings. The van der Waals surface area contributed by atoms with E-state index >= 15 is 0 Å². The van der Waals surface area contributed by atoms with Gasteiger partial charge in [0.05, 0.1) is 28.2 Å². The Morgan fingerprint density at radius 2 is 1.52 bits per heavy atom. The van der Waals surface area contributed by atoms with Crippen molar-refractivity contribution in [2.75, 3.05) is 38.7 Å². The third kappa shape index (κ3) is 14.2. The van der Waals surface area contributed by atoms with Gasteiger partial charge in [0.1, 0.15) is 24.1 Å². The number of β-amino-alcohol motifs (C(OH)–C–C–N with tert-alkyl or cyclic N) is 1. The number of phenols is 1. The normalized spacial score (nSPS) is 16.0. The molecule has 0 spiro atoms. The summed E-state index contributed by atoms with van der Waals surface area (Å²) in [6, 6.07) is 32.7. The van der Waals surface area contributed by atoms with E-state index in [2.05, 4.69) is 45.2 Å². The van der Waals surface area contributed by atoms with Gasteiger partial charge in [0.15, 0.2) is 0 Å². The minimum Gasteiger partial charge on any atom is -0.508 e. The zero-order valence-corrected chi connectivity index (χ0v) is 39.9. The summed E-state index contributed by atoms with van der Waals surface area (Å²) in [4.78, 5) is 34.5. The van der Waals surface area contributed by atoms with Gasteiger partial charge < -0.3 is 35.8 Å². The van der Waals surface area contributed by atoms with Crippen LogP contribution in [0.2, 0.25) is 0 Å². The van der Waals surface area contributed by atoms with Crippen molar-refractivity contribution in [2.24, 2.45) is 5.41 Å². The van der Waals surface area contributed by atoms with Crippen molar-refractivity contribution in [3.63, 3.8) is 0 Å². The molecule has 346 valence electrons. The lowest BCUT2D eigenvalue weighted by Crippen LogP contribution is -2.56. The highest BCUT2D eigenvalue weighted by Gasteiger charge is 2.43. The van der Waals surface area contributed by atoms with Crippen LogP contribution in [0.4, 0.5) is 0 Å². The average molecular weight is 921 g/mol. The number of hydrogen-bond acceptors (Lipinski definition) is 9. The van der Waals surface area contributed by atoms with Gasteiger partial charge in [0, 0.05) is 31.9 Å². The summed E-state index contributed by atoms with van der Waals surface area (Å²) in [6.07, 6.45) is 5.47. The SMILES string of the molecule is Cc1ncsc1-c1ccc(CNC(=O)[C@@H]2C[C@@H](O)CN2C(=O)C(NCCCCCCCNCCOc2ccc(C(=C(CCCl)c3ccccc3)c3ccc(O)cc3)cc2)C(C)(C)C)cc1. The molecule has 1 saturated heterocycles. The third-order valence-corrected chi connectivity index (χ3v) is 13.1. The van der Waals surface area contributed by atoms with Crippen molar-refractivity contribution in [3.8, 4) is 21.9 Å². The number of phenolic OH excluding ortho intramolecular Hbond substituents is 1. The number of hydrogen-bond donors (Lipinski definition) is 5. The highest BCUT2D eigenvalue weighted by Crippen LogP contribution is 2.36. The summed E-state index contributed by atoms with van der Waals surface area (Å²) in [5.74, 6) is 1.14. The second kappa shape index (κ2) is 24.5. The first-order chi connectivity index (χ1) is 31.4. The average Bonchev–Trinajstić information content (AvgIpc) is 3.92. The molecular weight excluding hydrogens is 854 g/mol. The summed E-state index contributed by atoms with van der Waals surface area (Å²) in [6.45, 7) is 11.5. The first kappa shape index (κ1) is 49.4. The Morgan fingerprint density at radius 3 is 2.17 bits per heavy atom. The zero-order chi connectivity index (χ0) is 46.2. The van der Waals surface area contributed by atoms with Crippen LogP contribution in [-0.4, -0.2) is 88.8 Å². The fraction of sp³-hybridized carbons (Fsp3) is 0.415. The van der Waals surface area contributed by atoms with E-state index < -0.39 is 18.2 Å². The molecule has 2 heterocycles. The van der Waals surface area contributed by atoms with Crippen LogP contribution >= 0.6 is 22.9 Å². The van der Waals surface area contributed by atoms with Crippen LogP contribution in [0.1, 0.15) is 93.7 Å². The first-order valence-electron chi connectivity index (χ1n) is 23.0. The zero-order valence-electron chi connectivity index (χ0n) is 38.3. The van der Waals surface area contributed by atoms with Crippen molar-refractivity contribution < 1.29 is 24.5 Å². The Hall–Kier alpha value is -5.04. The lowest BCUT2D eigenvalue weighted by molar-refractivity contribution is -0.142. The molecule has 0 saturated carbocycles. The smallest absolute Gasteiger partial charge is 0.243 e. The number of aliphatic hydroxyl groups is 1. The third-order valence-electron chi connectivity index (χ3n) is 11.9. The Bertz CT molecular complexity index is 2280. The molecule has 5 aromatic rings. The number of halogens is 1. The van der Waals surface area contributed by atoms with Gasteiger partial charge in [-0.2, -0.15) is 0 Å². The van der Waals surface area contributed by atoms with Gasteiger partial charge in [0.25, 0.3) is 0 Å². The van der Waals surface area contributed by atoms with Crippen LogP contribution in [0.3, 0.4) is 0 Å². The van der Waals surface area contributed by atoms with Crippen molar-refractivity contribution in [3.05, 3.63) is 137 Å². The number of aliphatic hydroxyl groups excluding tert-OH is 1. The summed E-state index contributed by atoms with van der Waals surface area (Å²) in [5, 5.41) is 30.6. The molecule has 1 aliphatic rings. The molecule has 0 bridgehead atoms. The number of aromatic nitrogens is 1. The highest BCUT2D eigenvalue weighted by molar-refractivity contribution is 7.13. The molecule has 10 nitrogen and oxygen atoms in total. The maximum Gasteiger partial charge on any atom is 0.243 e. The number of thiazole rings is 1. The minimum atomic E-state index is -0.742. The second-order valence-electron chi connectivity index (χ2n) is 17.9. The van der Waals surface area contributed by atoms with Crippen LogP contribution in [-0.2, 0) is 16.1 Å². The van der Waals surface area contributed by atoms with E-state index in [0.717, 1.165) is 100 Å². The van der Waals surface area contributed by atoms with Crippen LogP contribution in [0.5, 0.6) is 11.5 Å². The fourth-order valence-electron chi connectivity index (χ4n) is 8.42. The maximum absolute atomic E-state index is 14.0. The maximum atomic E-state index is 14.0. The van der Waals surface area contributed by atoms with E-state index in [1.807, 2.05) is 99.9 Å². The highest BCUT2D eigenvalue weighted by atomic mass is 35.5. The van der Waals surface area contributed by atoms with Crippen molar-refractivity contribution in [2.45, 2.75) is 97.4 Å². The molecule has 1 unspecified atom stereocenters. The van der Waals surface area contributed by atoms with E-state index in [-0.39, 0.29) is 35.9 Å². The van der Waals surface area contributed by atoms with Gasteiger partial charge in [-0.1, -0.05) is 119 Å². The van der Waals surface area contributed by atoms with E-state index in [1.54, 1.807) is 28.4 Å². The molecule has 5 N–H and O–H groups in total. The van der Waals surface area contributed by atoms with Crippen LogP contribution in [0, 0.1) is 12.3 Å². The predicted octanol–water partition coefficient (Wildman–Crippen LogP) is 9.61. The van der Waals surface area contributed by atoms with Crippen molar-refractivity contribution in [1.82, 2.24) is 25.8 Å². The molecule has 0 aliphatic carbocycles. The molecule has 6 rings (SSSR count). The summed E-state index contributed by atoms with van der Waals surface area (Å²) < 4.78 is 6.09. The van der Waals surface area contributed by atoms with E-state index in [9.17, 15) is 19.8 Å². The Morgan fingerprint density at radius 1 is 0.862 bits per heavy atom. The van der Waals surface area contributed by atoms with Crippen molar-refractivity contribution in [1.29, 1.82) is 0 Å². The Labute approximate surface area is 394 Å². The summed E-state index contributed by atoms with van der Waals surface area (Å²) >= 11 is 7.92. The fourth-order valence-corrected chi connectivity index (χ4v) is 9.42. The van der Waals surface area contributed by atoms with Crippen molar-refractivity contribution >= 4 is 45.9 Å². The molecular formula is C53H66ClN5O5S. The Kier molecular flexibility index (Phi) is 18.6. The number of alkyl halides is 1. The molecule has 1 aliphatic heterocycles. The topological polar surface area (TPSA) is 136 Å². The standard InChI is InChI=1S/C53H66ClN5O5S/c1-37-49(65-36-58-37)42-17-15-38(16-18-42)34-57-51(62)47-33-44(61)35-59(47)52(63)50(53(2,3)4)56-30-12-7-5-6-11-29-55-31-32-64-45-25-21-41(22-26-45)48(40-19-23-43(60)24-20-40)46(27-28-54)39-13-9-8-10-14-39/h8-10,13-26,36,44,47,50,55-56,60-61H,5-7,11-12,27-35H2,1-4H3,(H,57,62)/t44-,47+,50?/m1/s1. The van der Waals surface area contributed by atoms with Crippen LogP contribution < -0.4 is 20.7 Å². The quantitative estimate of drug-likeness (QED) is 0.0249. The second-order valence-corrected chi connectivity index (χ2v) is 19.2. The summed E-state index contributed by atoms with van der Waals surface area (Å²) in [5.41, 5.74) is 9.93. The molecule has 12 heteroatoms. The first-order valence-corrected chi connectivity index (χ1v) is 24.4. The van der Waals surface area contributed by atoms with Gasteiger partial charge >= 0.3 is 0 Å². The number of allylic oxidation sites excluding steroid dienone is 1. The van der Waals surface area contributed by atoms with Crippen LogP contribution in [0.25, 0.3) is 21.6 Å². The molecule has 0 radical (unpaired) electrons. The number of nitrogens with one attached hydrogen (secondary N) is 3.